The van der Waals surface area contributed by atoms with Crippen molar-refractivity contribution in [3.63, 3.8) is 0 Å². The third-order valence-corrected chi connectivity index (χ3v) is 4.91. The standard InChI is InChI=1S/C15H26BrNS/c1-2-3-4-5-6-7-8-9-10-14(17)13-11-15(16)18-12-13/h11-12,14H,2-10,17H2,1H3. The van der Waals surface area contributed by atoms with Crippen LogP contribution in [-0.4, -0.2) is 0 Å². The fraction of sp³-hybridized carbons (Fsp3) is 0.733. The molecule has 0 fully saturated rings. The van der Waals surface area contributed by atoms with Gasteiger partial charge in [-0.15, -0.1) is 11.3 Å². The zero-order valence-corrected chi connectivity index (χ0v) is 13.9. The molecule has 1 aromatic rings. The van der Waals surface area contributed by atoms with Gasteiger partial charge in [0.2, 0.25) is 0 Å². The van der Waals surface area contributed by atoms with Crippen molar-refractivity contribution < 1.29 is 0 Å². The molecule has 1 atom stereocenters. The van der Waals surface area contributed by atoms with Gasteiger partial charge in [0.1, 0.15) is 0 Å². The van der Waals surface area contributed by atoms with Crippen LogP contribution in [0.2, 0.25) is 0 Å². The third-order valence-electron chi connectivity index (χ3n) is 3.38. The number of hydrogen-bond acceptors (Lipinski definition) is 2. The summed E-state index contributed by atoms with van der Waals surface area (Å²) in [5.41, 5.74) is 7.46. The number of halogens is 1. The first-order valence-corrected chi connectivity index (χ1v) is 8.90. The fourth-order valence-corrected chi connectivity index (χ4v) is 3.42. The van der Waals surface area contributed by atoms with Gasteiger partial charge in [0.15, 0.2) is 0 Å². The molecule has 0 amide bonds. The maximum atomic E-state index is 6.17. The van der Waals surface area contributed by atoms with E-state index in [1.807, 2.05) is 0 Å². The van der Waals surface area contributed by atoms with Crippen molar-refractivity contribution in [1.29, 1.82) is 0 Å². The summed E-state index contributed by atoms with van der Waals surface area (Å²) in [6, 6.07) is 2.38. The zero-order valence-electron chi connectivity index (χ0n) is 11.5. The van der Waals surface area contributed by atoms with E-state index >= 15 is 0 Å². The summed E-state index contributed by atoms with van der Waals surface area (Å²) in [5.74, 6) is 0. The second kappa shape index (κ2) is 9.99. The first kappa shape index (κ1) is 16.2. The molecule has 0 saturated carbocycles. The summed E-state index contributed by atoms with van der Waals surface area (Å²) in [7, 11) is 0. The normalized spacial score (nSPS) is 12.8. The van der Waals surface area contributed by atoms with Gasteiger partial charge in [0.05, 0.1) is 3.79 Å². The summed E-state index contributed by atoms with van der Waals surface area (Å²) in [6.45, 7) is 2.27. The average Bonchev–Trinajstić information content (AvgIpc) is 2.79. The van der Waals surface area contributed by atoms with E-state index in [1.165, 1.54) is 60.7 Å². The highest BCUT2D eigenvalue weighted by Crippen LogP contribution is 2.26. The van der Waals surface area contributed by atoms with Crippen molar-refractivity contribution in [2.75, 3.05) is 0 Å². The smallest absolute Gasteiger partial charge is 0.0701 e. The van der Waals surface area contributed by atoms with Gasteiger partial charge < -0.3 is 5.73 Å². The van der Waals surface area contributed by atoms with E-state index < -0.39 is 0 Å². The Labute approximate surface area is 124 Å². The molecule has 0 aliphatic carbocycles. The minimum Gasteiger partial charge on any atom is -0.324 e. The number of thiophene rings is 1. The van der Waals surface area contributed by atoms with Crippen LogP contribution >= 0.6 is 27.3 Å². The topological polar surface area (TPSA) is 26.0 Å². The molecule has 1 nitrogen and oxygen atoms in total. The highest BCUT2D eigenvalue weighted by atomic mass is 79.9. The Bertz CT molecular complexity index is 311. The lowest BCUT2D eigenvalue weighted by molar-refractivity contribution is 0.536. The Morgan fingerprint density at radius 2 is 1.72 bits per heavy atom. The van der Waals surface area contributed by atoms with Gasteiger partial charge in [0.25, 0.3) is 0 Å². The van der Waals surface area contributed by atoms with E-state index in [2.05, 4.69) is 34.3 Å². The average molecular weight is 332 g/mol. The van der Waals surface area contributed by atoms with E-state index in [0.717, 1.165) is 6.42 Å². The molecule has 1 aromatic heterocycles. The van der Waals surface area contributed by atoms with Crippen LogP contribution < -0.4 is 5.73 Å². The molecule has 0 aromatic carbocycles. The monoisotopic (exact) mass is 331 g/mol. The van der Waals surface area contributed by atoms with E-state index in [0.29, 0.717) is 0 Å². The SMILES string of the molecule is CCCCCCCCCCC(N)c1csc(Br)c1. The Morgan fingerprint density at radius 1 is 1.11 bits per heavy atom. The molecule has 3 heteroatoms. The minimum atomic E-state index is 0.229. The van der Waals surface area contributed by atoms with Crippen LogP contribution in [-0.2, 0) is 0 Å². The summed E-state index contributed by atoms with van der Waals surface area (Å²) < 4.78 is 1.18. The van der Waals surface area contributed by atoms with Crippen molar-refractivity contribution in [2.45, 2.75) is 70.8 Å². The lowest BCUT2D eigenvalue weighted by atomic mass is 10.0. The first-order chi connectivity index (χ1) is 8.74. The fourth-order valence-electron chi connectivity index (χ4n) is 2.18. The molecule has 1 heterocycles. The van der Waals surface area contributed by atoms with E-state index in [4.69, 9.17) is 5.73 Å². The van der Waals surface area contributed by atoms with E-state index in [9.17, 15) is 0 Å². The molecule has 1 rings (SSSR count). The molecular formula is C15H26BrNS. The van der Waals surface area contributed by atoms with Crippen molar-refractivity contribution in [1.82, 2.24) is 0 Å². The maximum Gasteiger partial charge on any atom is 0.0701 e. The Hall–Kier alpha value is 0.140. The van der Waals surface area contributed by atoms with Gasteiger partial charge in [-0.3, -0.25) is 0 Å². The van der Waals surface area contributed by atoms with Gasteiger partial charge in [0, 0.05) is 6.04 Å². The molecule has 0 radical (unpaired) electrons. The molecule has 0 spiro atoms. The number of rotatable bonds is 10. The van der Waals surface area contributed by atoms with Gasteiger partial charge in [-0.05, 0) is 39.4 Å². The Kier molecular flexibility index (Phi) is 8.99. The molecule has 104 valence electrons. The second-order valence-corrected chi connectivity index (χ2v) is 7.34. The summed E-state index contributed by atoms with van der Waals surface area (Å²) in [5, 5.41) is 2.17. The Balaban J connectivity index is 1.97. The predicted octanol–water partition coefficient (Wildman–Crippen LogP) is 6.04. The van der Waals surface area contributed by atoms with Gasteiger partial charge in [-0.25, -0.2) is 0 Å². The van der Waals surface area contributed by atoms with Crippen molar-refractivity contribution in [3.8, 4) is 0 Å². The minimum absolute atomic E-state index is 0.229. The summed E-state index contributed by atoms with van der Waals surface area (Å²) in [6.07, 6.45) is 12.1. The van der Waals surface area contributed by atoms with Gasteiger partial charge in [-0.1, -0.05) is 58.3 Å². The van der Waals surface area contributed by atoms with Crippen molar-refractivity contribution in [3.05, 3.63) is 20.8 Å². The first-order valence-electron chi connectivity index (χ1n) is 7.23. The molecule has 1 unspecified atom stereocenters. The molecule has 0 aliphatic heterocycles. The van der Waals surface area contributed by atoms with E-state index in [-0.39, 0.29) is 6.04 Å². The van der Waals surface area contributed by atoms with Gasteiger partial charge >= 0.3 is 0 Å². The van der Waals surface area contributed by atoms with E-state index in [1.54, 1.807) is 11.3 Å². The quantitative estimate of drug-likeness (QED) is 0.519. The van der Waals surface area contributed by atoms with Crippen molar-refractivity contribution >= 4 is 27.3 Å². The largest absolute Gasteiger partial charge is 0.324 e. The number of nitrogens with two attached hydrogens (primary N) is 1. The molecule has 0 aliphatic rings. The van der Waals surface area contributed by atoms with Crippen molar-refractivity contribution in [2.24, 2.45) is 5.73 Å². The van der Waals surface area contributed by atoms with Gasteiger partial charge in [-0.2, -0.15) is 0 Å². The summed E-state index contributed by atoms with van der Waals surface area (Å²) >= 11 is 5.21. The lowest BCUT2D eigenvalue weighted by Gasteiger charge is -2.09. The van der Waals surface area contributed by atoms with Crippen LogP contribution in [0.1, 0.15) is 76.3 Å². The number of hydrogen-bond donors (Lipinski definition) is 1. The highest BCUT2D eigenvalue weighted by molar-refractivity contribution is 9.11. The molecule has 18 heavy (non-hydrogen) atoms. The molecule has 2 N–H and O–H groups in total. The van der Waals surface area contributed by atoms with Crippen LogP contribution in [0.25, 0.3) is 0 Å². The lowest BCUT2D eigenvalue weighted by Crippen LogP contribution is -2.08. The van der Waals surface area contributed by atoms with Crippen LogP contribution in [0.4, 0.5) is 0 Å². The van der Waals surface area contributed by atoms with Crippen LogP contribution in [0, 0.1) is 0 Å². The molecular weight excluding hydrogens is 306 g/mol. The number of unbranched alkanes of at least 4 members (excludes halogenated alkanes) is 7. The molecule has 0 saturated heterocycles. The highest BCUT2D eigenvalue weighted by Gasteiger charge is 2.07. The van der Waals surface area contributed by atoms with Crippen LogP contribution in [0.15, 0.2) is 15.2 Å². The maximum absolute atomic E-state index is 6.17. The zero-order chi connectivity index (χ0) is 13.2. The second-order valence-electron chi connectivity index (χ2n) is 5.05. The molecule has 0 bridgehead atoms. The summed E-state index contributed by atoms with van der Waals surface area (Å²) in [4.78, 5) is 0. The predicted molar refractivity (Wildman–Crippen MR) is 86.2 cm³/mol. The van der Waals surface area contributed by atoms with Crippen LogP contribution in [0.3, 0.4) is 0 Å². The Morgan fingerprint density at radius 3 is 2.28 bits per heavy atom. The third kappa shape index (κ3) is 6.91. The van der Waals surface area contributed by atoms with Crippen LogP contribution in [0.5, 0.6) is 0 Å².